The van der Waals surface area contributed by atoms with Crippen LogP contribution in [0.4, 0.5) is 5.69 Å². The van der Waals surface area contributed by atoms with Crippen molar-refractivity contribution in [2.75, 3.05) is 32.1 Å². The van der Waals surface area contributed by atoms with Crippen LogP contribution in [-0.4, -0.2) is 47.2 Å². The third-order valence-electron chi connectivity index (χ3n) is 6.10. The van der Waals surface area contributed by atoms with Gasteiger partial charge in [-0.1, -0.05) is 6.92 Å². The van der Waals surface area contributed by atoms with Gasteiger partial charge >= 0.3 is 0 Å². The van der Waals surface area contributed by atoms with Gasteiger partial charge in [0.2, 0.25) is 0 Å². The van der Waals surface area contributed by atoms with Crippen molar-refractivity contribution in [1.29, 1.82) is 0 Å². The van der Waals surface area contributed by atoms with Gasteiger partial charge in [-0.3, -0.25) is 9.69 Å². The van der Waals surface area contributed by atoms with Crippen LogP contribution < -0.4 is 14.8 Å². The highest BCUT2D eigenvalue weighted by Crippen LogP contribution is 2.24. The maximum atomic E-state index is 12.4. The summed E-state index contributed by atoms with van der Waals surface area (Å²) in [5.74, 6) is 3.06. The zero-order chi connectivity index (χ0) is 22.5. The van der Waals surface area contributed by atoms with Crippen molar-refractivity contribution < 1.29 is 14.3 Å². The number of amides is 1. The number of aryl methyl sites for hydroxylation is 1. The van der Waals surface area contributed by atoms with Crippen molar-refractivity contribution in [2.24, 2.45) is 5.92 Å². The first kappa shape index (κ1) is 22.1. The van der Waals surface area contributed by atoms with E-state index in [0.29, 0.717) is 5.75 Å². The molecule has 0 aliphatic carbocycles. The molecule has 1 aromatic heterocycles. The van der Waals surface area contributed by atoms with E-state index in [9.17, 15) is 4.79 Å². The Hall–Kier alpha value is -3.06. The lowest BCUT2D eigenvalue weighted by Crippen LogP contribution is -2.33. The lowest BCUT2D eigenvalue weighted by molar-refractivity contribution is -0.118. The molecule has 1 aliphatic heterocycles. The third kappa shape index (κ3) is 5.22. The number of anilines is 1. The van der Waals surface area contributed by atoms with Crippen molar-refractivity contribution in [3.05, 3.63) is 48.3 Å². The molecular weight excluding hydrogens is 404 g/mol. The Labute approximate surface area is 189 Å². The quantitative estimate of drug-likeness (QED) is 0.570. The highest BCUT2D eigenvalue weighted by atomic mass is 16.5. The van der Waals surface area contributed by atoms with Gasteiger partial charge in [-0.15, -0.1) is 0 Å². The van der Waals surface area contributed by atoms with Gasteiger partial charge in [0.1, 0.15) is 17.3 Å². The summed E-state index contributed by atoms with van der Waals surface area (Å²) in [7, 11) is 1.61. The number of hydrogen-bond donors (Lipinski definition) is 1. The van der Waals surface area contributed by atoms with Crippen molar-refractivity contribution in [2.45, 2.75) is 39.8 Å². The zero-order valence-corrected chi connectivity index (χ0v) is 19.1. The fourth-order valence-electron chi connectivity index (χ4n) is 4.17. The first-order valence-electron chi connectivity index (χ1n) is 11.3. The summed E-state index contributed by atoms with van der Waals surface area (Å²) in [5, 5.41) is 2.91. The molecule has 1 N–H and O–H groups in total. The van der Waals surface area contributed by atoms with Crippen LogP contribution in [0.5, 0.6) is 11.5 Å². The Bertz CT molecular complexity index is 1050. The number of nitrogens with zero attached hydrogens (tertiary/aromatic N) is 3. The topological polar surface area (TPSA) is 68.6 Å². The molecule has 7 nitrogen and oxygen atoms in total. The number of piperidine rings is 1. The molecule has 0 spiro atoms. The Morgan fingerprint density at radius 1 is 1.12 bits per heavy atom. The molecule has 1 saturated heterocycles. The second kappa shape index (κ2) is 10.0. The monoisotopic (exact) mass is 436 g/mol. The summed E-state index contributed by atoms with van der Waals surface area (Å²) < 4.78 is 13.0. The van der Waals surface area contributed by atoms with Gasteiger partial charge in [0.25, 0.3) is 5.91 Å². The molecule has 3 aromatic rings. The molecule has 2 aromatic carbocycles. The fourth-order valence-corrected chi connectivity index (χ4v) is 4.17. The summed E-state index contributed by atoms with van der Waals surface area (Å²) in [5.41, 5.74) is 2.72. The van der Waals surface area contributed by atoms with E-state index in [1.807, 2.05) is 18.2 Å². The number of methoxy groups -OCH3 is 1. The summed E-state index contributed by atoms with van der Waals surface area (Å²) in [6.07, 6.45) is 2.50. The fraction of sp³-hybridized carbons (Fsp3) is 0.440. The van der Waals surface area contributed by atoms with Gasteiger partial charge < -0.3 is 19.4 Å². The Kier molecular flexibility index (Phi) is 6.95. The molecule has 4 rings (SSSR count). The molecule has 32 heavy (non-hydrogen) atoms. The van der Waals surface area contributed by atoms with E-state index in [0.717, 1.165) is 60.4 Å². The minimum atomic E-state index is -0.210. The van der Waals surface area contributed by atoms with Crippen molar-refractivity contribution in [3.8, 4) is 11.5 Å². The Balaban J connectivity index is 1.40. The number of imidazole rings is 1. The molecule has 1 amide bonds. The molecule has 0 bridgehead atoms. The average molecular weight is 437 g/mol. The lowest BCUT2D eigenvalue weighted by atomic mass is 9.99. The first-order valence-corrected chi connectivity index (χ1v) is 11.3. The van der Waals surface area contributed by atoms with E-state index in [1.165, 1.54) is 12.8 Å². The number of nitrogens with one attached hydrogen (secondary N) is 1. The number of hydrogen-bond acceptors (Lipinski definition) is 5. The number of carbonyl (C=O) groups excluding carboxylic acids is 1. The maximum Gasteiger partial charge on any atom is 0.262 e. The largest absolute Gasteiger partial charge is 0.497 e. The molecule has 2 heterocycles. The van der Waals surface area contributed by atoms with E-state index in [2.05, 4.69) is 28.6 Å². The molecule has 1 aliphatic rings. The van der Waals surface area contributed by atoms with Gasteiger partial charge in [0, 0.05) is 12.2 Å². The van der Waals surface area contributed by atoms with Crippen LogP contribution in [0.3, 0.4) is 0 Å². The van der Waals surface area contributed by atoms with Crippen molar-refractivity contribution in [3.63, 3.8) is 0 Å². The van der Waals surface area contributed by atoms with Crippen molar-refractivity contribution in [1.82, 2.24) is 14.5 Å². The highest BCUT2D eigenvalue weighted by Gasteiger charge is 2.19. The van der Waals surface area contributed by atoms with E-state index in [1.54, 1.807) is 31.4 Å². The minimum absolute atomic E-state index is 0.0631. The summed E-state index contributed by atoms with van der Waals surface area (Å²) in [4.78, 5) is 19.8. The number of carbonyl (C=O) groups is 1. The molecule has 7 heteroatoms. The van der Waals surface area contributed by atoms with Gasteiger partial charge in [-0.05, 0) is 81.2 Å². The predicted molar refractivity (Wildman–Crippen MR) is 126 cm³/mol. The summed E-state index contributed by atoms with van der Waals surface area (Å²) in [6, 6.07) is 13.1. The molecule has 0 atom stereocenters. The summed E-state index contributed by atoms with van der Waals surface area (Å²) in [6.45, 7) is 8.41. The minimum Gasteiger partial charge on any atom is -0.497 e. The standard InChI is InChI=1S/C25H32N4O3/c1-4-29-23-10-5-19(26-25(30)17-32-21-8-6-20(31-3)7-9-21)15-22(23)27-24(29)16-28-13-11-18(2)12-14-28/h5-10,15,18H,4,11-14,16-17H2,1-3H3,(H,26,30). The lowest BCUT2D eigenvalue weighted by Gasteiger charge is -2.29. The van der Waals surface area contributed by atoms with Gasteiger partial charge in [-0.25, -0.2) is 4.98 Å². The second-order valence-corrected chi connectivity index (χ2v) is 8.45. The van der Waals surface area contributed by atoms with Crippen LogP contribution in [-0.2, 0) is 17.9 Å². The van der Waals surface area contributed by atoms with E-state index in [4.69, 9.17) is 14.5 Å². The van der Waals surface area contributed by atoms with E-state index in [-0.39, 0.29) is 12.5 Å². The first-order chi connectivity index (χ1) is 15.6. The number of ether oxygens (including phenoxy) is 2. The number of aromatic nitrogens is 2. The van der Waals surface area contributed by atoms with Crippen molar-refractivity contribution >= 4 is 22.6 Å². The van der Waals surface area contributed by atoms with Gasteiger partial charge in [0.15, 0.2) is 6.61 Å². The predicted octanol–water partition coefficient (Wildman–Crippen LogP) is 4.31. The maximum absolute atomic E-state index is 12.4. The molecule has 1 fully saturated rings. The van der Waals surface area contributed by atoms with Crippen LogP contribution in [0.1, 0.15) is 32.5 Å². The molecule has 170 valence electrons. The van der Waals surface area contributed by atoms with Crippen LogP contribution in [0.15, 0.2) is 42.5 Å². The Morgan fingerprint density at radius 2 is 1.84 bits per heavy atom. The molecular formula is C25H32N4O3. The van der Waals surface area contributed by atoms with Crippen LogP contribution >= 0.6 is 0 Å². The van der Waals surface area contributed by atoms with Gasteiger partial charge in [-0.2, -0.15) is 0 Å². The van der Waals surface area contributed by atoms with Gasteiger partial charge in [0.05, 0.1) is 24.7 Å². The number of likely N-dealkylation sites (tertiary alicyclic amines) is 1. The smallest absolute Gasteiger partial charge is 0.262 e. The number of fused-ring (bicyclic) bond motifs is 1. The SMILES string of the molecule is CCn1c(CN2CCC(C)CC2)nc2cc(NC(=O)COc3ccc(OC)cc3)ccc21. The molecule has 0 radical (unpaired) electrons. The number of rotatable bonds is 8. The third-order valence-corrected chi connectivity index (χ3v) is 6.10. The highest BCUT2D eigenvalue weighted by molar-refractivity contribution is 5.94. The van der Waals surface area contributed by atoms with E-state index >= 15 is 0 Å². The zero-order valence-electron chi connectivity index (χ0n) is 19.1. The van der Waals surface area contributed by atoms with Crippen LogP contribution in [0, 0.1) is 5.92 Å². The summed E-state index contributed by atoms with van der Waals surface area (Å²) >= 11 is 0. The number of benzene rings is 2. The second-order valence-electron chi connectivity index (χ2n) is 8.45. The van der Waals surface area contributed by atoms with Crippen LogP contribution in [0.25, 0.3) is 11.0 Å². The normalized spacial score (nSPS) is 15.1. The van der Waals surface area contributed by atoms with E-state index < -0.39 is 0 Å². The Morgan fingerprint density at radius 3 is 2.53 bits per heavy atom. The molecule has 0 saturated carbocycles. The van der Waals surface area contributed by atoms with Crippen LogP contribution in [0.2, 0.25) is 0 Å². The molecule has 0 unspecified atom stereocenters. The average Bonchev–Trinajstić information content (AvgIpc) is 3.15.